The molecule has 0 amide bonds. The lowest BCUT2D eigenvalue weighted by atomic mass is 10.0. The lowest BCUT2D eigenvalue weighted by Crippen LogP contribution is -2.42. The molecule has 1 atom stereocenters. The molecule has 1 N–H and O–H groups in total. The highest BCUT2D eigenvalue weighted by atomic mass is 35.5. The van der Waals surface area contributed by atoms with E-state index in [4.69, 9.17) is 0 Å². The molecule has 2 saturated heterocycles. The van der Waals surface area contributed by atoms with Gasteiger partial charge in [-0.15, -0.1) is 12.4 Å². The van der Waals surface area contributed by atoms with Crippen LogP contribution in [0.25, 0.3) is 0 Å². The fraction of sp³-hybridized carbons (Fsp3) is 1.00. The first kappa shape index (κ1) is 13.6. The van der Waals surface area contributed by atoms with E-state index in [1.54, 1.807) is 0 Å². The van der Waals surface area contributed by atoms with E-state index < -0.39 is 0 Å². The Balaban J connectivity index is 0.00000112. The molecule has 0 aliphatic carbocycles. The summed E-state index contributed by atoms with van der Waals surface area (Å²) in [5, 5.41) is 3.43. The summed E-state index contributed by atoms with van der Waals surface area (Å²) in [6, 6.07) is 0.849. The average Bonchev–Trinajstić information content (AvgIpc) is 2.72. The molecule has 0 bridgehead atoms. The Hall–Kier alpha value is 0.560. The fourth-order valence-electron chi connectivity index (χ4n) is 2.53. The molecule has 0 radical (unpaired) electrons. The maximum atomic E-state index is 3.43. The van der Waals surface area contributed by atoms with Gasteiger partial charge in [-0.25, -0.2) is 0 Å². The molecule has 90 valence electrons. The fourth-order valence-corrected chi connectivity index (χ4v) is 3.80. The van der Waals surface area contributed by atoms with Crippen molar-refractivity contribution < 1.29 is 0 Å². The lowest BCUT2D eigenvalue weighted by Gasteiger charge is -2.33. The molecule has 0 aromatic rings. The highest BCUT2D eigenvalue weighted by Gasteiger charge is 2.22. The van der Waals surface area contributed by atoms with Crippen LogP contribution in [0, 0.1) is 5.92 Å². The van der Waals surface area contributed by atoms with Crippen LogP contribution in [0.2, 0.25) is 0 Å². The van der Waals surface area contributed by atoms with E-state index in [-0.39, 0.29) is 12.4 Å². The second-order valence-electron chi connectivity index (χ2n) is 4.65. The minimum atomic E-state index is 0. The number of halogens is 1. The van der Waals surface area contributed by atoms with Gasteiger partial charge >= 0.3 is 0 Å². The molecule has 0 aromatic heterocycles. The smallest absolute Gasteiger partial charge is 0.0116 e. The molecule has 1 unspecified atom stereocenters. The van der Waals surface area contributed by atoms with Crippen LogP contribution in [0.1, 0.15) is 19.3 Å². The van der Waals surface area contributed by atoms with Crippen LogP contribution in [0.3, 0.4) is 0 Å². The third-order valence-corrected chi connectivity index (χ3v) is 4.73. The van der Waals surface area contributed by atoms with Crippen LogP contribution in [-0.2, 0) is 0 Å². The second kappa shape index (κ2) is 7.00. The van der Waals surface area contributed by atoms with Gasteiger partial charge in [0, 0.05) is 12.6 Å². The summed E-state index contributed by atoms with van der Waals surface area (Å²) in [5.41, 5.74) is 0. The number of nitrogens with one attached hydrogen (secondary N) is 1. The highest BCUT2D eigenvalue weighted by molar-refractivity contribution is 7.99. The van der Waals surface area contributed by atoms with Crippen molar-refractivity contribution in [3.63, 3.8) is 0 Å². The van der Waals surface area contributed by atoms with Crippen molar-refractivity contribution in [3.8, 4) is 0 Å². The summed E-state index contributed by atoms with van der Waals surface area (Å²) in [5.74, 6) is 3.76. The van der Waals surface area contributed by atoms with Crippen molar-refractivity contribution in [2.45, 2.75) is 25.3 Å². The monoisotopic (exact) mass is 250 g/mol. The number of piperidine rings is 1. The van der Waals surface area contributed by atoms with E-state index in [0.717, 1.165) is 12.0 Å². The van der Waals surface area contributed by atoms with Gasteiger partial charge in [0.25, 0.3) is 0 Å². The van der Waals surface area contributed by atoms with Crippen LogP contribution >= 0.6 is 24.2 Å². The van der Waals surface area contributed by atoms with Crippen molar-refractivity contribution in [2.24, 2.45) is 5.92 Å². The van der Waals surface area contributed by atoms with Gasteiger partial charge in [-0.05, 0) is 56.8 Å². The lowest BCUT2D eigenvalue weighted by molar-refractivity contribution is 0.178. The predicted octanol–water partition coefficient (Wildman–Crippen LogP) is 1.85. The van der Waals surface area contributed by atoms with Gasteiger partial charge in [-0.3, -0.25) is 0 Å². The van der Waals surface area contributed by atoms with Gasteiger partial charge in [0.15, 0.2) is 0 Å². The van der Waals surface area contributed by atoms with Crippen molar-refractivity contribution >= 4 is 24.2 Å². The summed E-state index contributed by atoms with van der Waals surface area (Å²) in [7, 11) is 2.32. The Bertz CT molecular complexity index is 168. The molecular formula is C11H23ClN2S. The van der Waals surface area contributed by atoms with Gasteiger partial charge in [-0.1, -0.05) is 0 Å². The molecule has 4 heteroatoms. The van der Waals surface area contributed by atoms with Gasteiger partial charge in [0.05, 0.1) is 0 Å². The largest absolute Gasteiger partial charge is 0.317 e. The van der Waals surface area contributed by atoms with E-state index in [0.29, 0.717) is 0 Å². The Morgan fingerprint density at radius 1 is 1.27 bits per heavy atom. The van der Waals surface area contributed by atoms with Crippen LogP contribution < -0.4 is 5.32 Å². The van der Waals surface area contributed by atoms with Crippen LogP contribution in [-0.4, -0.2) is 49.1 Å². The van der Waals surface area contributed by atoms with Crippen molar-refractivity contribution in [1.82, 2.24) is 10.2 Å². The summed E-state index contributed by atoms with van der Waals surface area (Å²) in [6.45, 7) is 3.76. The topological polar surface area (TPSA) is 15.3 Å². The SMILES string of the molecule is CN(CC1CCSC1)C1CCNCC1.Cl. The average molecular weight is 251 g/mol. The first-order chi connectivity index (χ1) is 6.86. The molecule has 2 fully saturated rings. The molecular weight excluding hydrogens is 228 g/mol. The molecule has 0 aromatic carbocycles. The Kier molecular flexibility index (Phi) is 6.36. The number of hydrogen-bond donors (Lipinski definition) is 1. The minimum Gasteiger partial charge on any atom is -0.317 e. The molecule has 0 saturated carbocycles. The molecule has 15 heavy (non-hydrogen) atoms. The Morgan fingerprint density at radius 2 is 2.00 bits per heavy atom. The molecule has 2 rings (SSSR count). The third-order valence-electron chi connectivity index (χ3n) is 3.50. The zero-order chi connectivity index (χ0) is 9.80. The summed E-state index contributed by atoms with van der Waals surface area (Å²) < 4.78 is 0. The van der Waals surface area contributed by atoms with Crippen molar-refractivity contribution in [3.05, 3.63) is 0 Å². The maximum absolute atomic E-state index is 3.43. The van der Waals surface area contributed by atoms with Crippen LogP contribution in [0.15, 0.2) is 0 Å². The third kappa shape index (κ3) is 4.14. The van der Waals surface area contributed by atoms with Crippen molar-refractivity contribution in [2.75, 3.05) is 38.2 Å². The molecule has 2 aliphatic rings. The first-order valence-corrected chi connectivity index (χ1v) is 7.00. The molecule has 2 aliphatic heterocycles. The quantitative estimate of drug-likeness (QED) is 0.823. The number of rotatable bonds is 3. The van der Waals surface area contributed by atoms with E-state index in [1.165, 1.54) is 50.4 Å². The van der Waals surface area contributed by atoms with Crippen LogP contribution in [0.5, 0.6) is 0 Å². The first-order valence-electron chi connectivity index (χ1n) is 5.85. The summed E-state index contributed by atoms with van der Waals surface area (Å²) in [4.78, 5) is 2.61. The Morgan fingerprint density at radius 3 is 2.60 bits per heavy atom. The Labute approximate surface area is 104 Å². The van der Waals surface area contributed by atoms with Gasteiger partial charge in [0.1, 0.15) is 0 Å². The number of nitrogens with zero attached hydrogens (tertiary/aromatic N) is 1. The molecule has 2 heterocycles. The summed E-state index contributed by atoms with van der Waals surface area (Å²) >= 11 is 2.13. The normalized spacial score (nSPS) is 28.0. The van der Waals surface area contributed by atoms with E-state index in [9.17, 15) is 0 Å². The highest BCUT2D eigenvalue weighted by Crippen LogP contribution is 2.25. The van der Waals surface area contributed by atoms with Gasteiger partial charge < -0.3 is 10.2 Å². The van der Waals surface area contributed by atoms with Gasteiger partial charge in [0.2, 0.25) is 0 Å². The van der Waals surface area contributed by atoms with E-state index in [2.05, 4.69) is 29.0 Å². The molecule has 0 spiro atoms. The van der Waals surface area contributed by atoms with E-state index in [1.807, 2.05) is 0 Å². The maximum Gasteiger partial charge on any atom is 0.0116 e. The molecule has 2 nitrogen and oxygen atoms in total. The number of hydrogen-bond acceptors (Lipinski definition) is 3. The van der Waals surface area contributed by atoms with Crippen molar-refractivity contribution in [1.29, 1.82) is 0 Å². The van der Waals surface area contributed by atoms with Crippen LogP contribution in [0.4, 0.5) is 0 Å². The zero-order valence-electron chi connectivity index (χ0n) is 9.58. The second-order valence-corrected chi connectivity index (χ2v) is 5.80. The van der Waals surface area contributed by atoms with E-state index >= 15 is 0 Å². The van der Waals surface area contributed by atoms with Gasteiger partial charge in [-0.2, -0.15) is 11.8 Å². The standard InChI is InChI=1S/C11H22N2S.ClH/c1-13(8-10-4-7-14-9-10)11-2-5-12-6-3-11;/h10-12H,2-9H2,1H3;1H. The number of thioether (sulfide) groups is 1. The summed E-state index contributed by atoms with van der Waals surface area (Å²) in [6.07, 6.45) is 4.13. The zero-order valence-corrected chi connectivity index (χ0v) is 11.2. The predicted molar refractivity (Wildman–Crippen MR) is 71.2 cm³/mol. The minimum absolute atomic E-state index is 0.